The van der Waals surface area contributed by atoms with Crippen molar-refractivity contribution in [3.8, 4) is 5.75 Å². The normalized spacial score (nSPS) is 11.1. The van der Waals surface area contributed by atoms with Crippen LogP contribution in [0.3, 0.4) is 0 Å². The molecule has 3 aromatic rings. The third kappa shape index (κ3) is 3.02. The molecule has 1 aromatic heterocycles. The largest absolute Gasteiger partial charge is 0.493 e. The van der Waals surface area contributed by atoms with Crippen LogP contribution < -0.4 is 10.4 Å². The van der Waals surface area contributed by atoms with Crippen molar-refractivity contribution in [2.24, 2.45) is 7.05 Å². The lowest BCUT2D eigenvalue weighted by Crippen LogP contribution is -2.23. The van der Waals surface area contributed by atoms with Crippen LogP contribution in [0.1, 0.15) is 17.5 Å². The Bertz CT molecular complexity index is 890. The average molecular weight is 310 g/mol. The Morgan fingerprint density at radius 1 is 1.04 bits per heavy atom. The number of imidazole rings is 1. The highest BCUT2D eigenvalue weighted by molar-refractivity contribution is 5.75. The standard InChI is InChI=1S/C19H22N2O2/c1-14-9-10-15(2)18(13-14)23-12-6-11-21-17-8-5-4-7-16(17)20(3)19(21)22/h4-5,7-10,13H,6,11-12H2,1-3H3. The number of hydrogen-bond donors (Lipinski definition) is 0. The van der Waals surface area contributed by atoms with E-state index in [0.717, 1.165) is 28.8 Å². The van der Waals surface area contributed by atoms with Crippen LogP contribution in [0.2, 0.25) is 0 Å². The van der Waals surface area contributed by atoms with Gasteiger partial charge in [0.15, 0.2) is 0 Å². The van der Waals surface area contributed by atoms with E-state index in [9.17, 15) is 4.79 Å². The summed E-state index contributed by atoms with van der Waals surface area (Å²) in [6.45, 7) is 5.36. The molecule has 0 unspecified atom stereocenters. The lowest BCUT2D eigenvalue weighted by atomic mass is 10.1. The van der Waals surface area contributed by atoms with E-state index in [2.05, 4.69) is 25.1 Å². The fourth-order valence-corrected chi connectivity index (χ4v) is 2.85. The Labute approximate surface area is 135 Å². The molecule has 120 valence electrons. The molecule has 0 aliphatic carbocycles. The molecule has 1 heterocycles. The summed E-state index contributed by atoms with van der Waals surface area (Å²) in [6, 6.07) is 14.1. The molecule has 2 aromatic carbocycles. The number of nitrogens with zero attached hydrogens (tertiary/aromatic N) is 2. The van der Waals surface area contributed by atoms with Gasteiger partial charge >= 0.3 is 5.69 Å². The van der Waals surface area contributed by atoms with E-state index in [4.69, 9.17) is 4.74 Å². The molecule has 0 bridgehead atoms. The first kappa shape index (κ1) is 15.4. The van der Waals surface area contributed by atoms with Crippen molar-refractivity contribution in [2.75, 3.05) is 6.61 Å². The number of hydrogen-bond acceptors (Lipinski definition) is 2. The molecule has 0 radical (unpaired) electrons. The van der Waals surface area contributed by atoms with Gasteiger partial charge in [-0.3, -0.25) is 9.13 Å². The second kappa shape index (κ2) is 6.32. The predicted molar refractivity (Wildman–Crippen MR) is 93.2 cm³/mol. The number of ether oxygens (including phenoxy) is 1. The highest BCUT2D eigenvalue weighted by Crippen LogP contribution is 2.19. The maximum Gasteiger partial charge on any atom is 0.328 e. The Morgan fingerprint density at radius 2 is 1.78 bits per heavy atom. The molecule has 0 atom stereocenters. The summed E-state index contributed by atoms with van der Waals surface area (Å²) in [6.07, 6.45) is 0.793. The summed E-state index contributed by atoms with van der Waals surface area (Å²) in [5.41, 5.74) is 4.30. The average Bonchev–Trinajstić information content (AvgIpc) is 2.79. The maximum atomic E-state index is 12.3. The van der Waals surface area contributed by atoms with Gasteiger partial charge in [-0.25, -0.2) is 4.79 Å². The Balaban J connectivity index is 1.69. The second-order valence-corrected chi connectivity index (χ2v) is 5.95. The minimum Gasteiger partial charge on any atom is -0.493 e. The van der Waals surface area contributed by atoms with Gasteiger partial charge in [-0.05, 0) is 49.6 Å². The lowest BCUT2D eigenvalue weighted by molar-refractivity contribution is 0.299. The molecule has 0 spiro atoms. The highest BCUT2D eigenvalue weighted by atomic mass is 16.5. The third-order valence-corrected chi connectivity index (χ3v) is 4.18. The first-order chi connectivity index (χ1) is 11.1. The second-order valence-electron chi connectivity index (χ2n) is 5.95. The van der Waals surface area contributed by atoms with Crippen LogP contribution in [0.15, 0.2) is 47.3 Å². The minimum absolute atomic E-state index is 0.0259. The van der Waals surface area contributed by atoms with Crippen LogP contribution in [0.25, 0.3) is 11.0 Å². The van der Waals surface area contributed by atoms with Crippen LogP contribution >= 0.6 is 0 Å². The van der Waals surface area contributed by atoms with Gasteiger partial charge in [0.1, 0.15) is 5.75 Å². The van der Waals surface area contributed by atoms with Crippen LogP contribution in [0, 0.1) is 13.8 Å². The summed E-state index contributed by atoms with van der Waals surface area (Å²) in [4.78, 5) is 12.3. The molecule has 0 N–H and O–H groups in total. The number of aryl methyl sites for hydroxylation is 4. The smallest absolute Gasteiger partial charge is 0.328 e. The van der Waals surface area contributed by atoms with Crippen LogP contribution in [-0.2, 0) is 13.6 Å². The molecule has 4 heteroatoms. The van der Waals surface area contributed by atoms with Crippen LogP contribution in [0.4, 0.5) is 0 Å². The summed E-state index contributed by atoms with van der Waals surface area (Å²) in [7, 11) is 1.81. The predicted octanol–water partition coefficient (Wildman–Crippen LogP) is 3.43. The van der Waals surface area contributed by atoms with Gasteiger partial charge in [-0.1, -0.05) is 24.3 Å². The van der Waals surface area contributed by atoms with Gasteiger partial charge in [0.2, 0.25) is 0 Å². The monoisotopic (exact) mass is 310 g/mol. The van der Waals surface area contributed by atoms with Gasteiger partial charge < -0.3 is 4.74 Å². The van der Waals surface area contributed by atoms with Gasteiger partial charge in [-0.15, -0.1) is 0 Å². The fraction of sp³-hybridized carbons (Fsp3) is 0.316. The molecular formula is C19H22N2O2. The van der Waals surface area contributed by atoms with E-state index in [1.54, 1.807) is 4.57 Å². The van der Waals surface area contributed by atoms with Crippen molar-refractivity contribution in [3.05, 3.63) is 64.1 Å². The molecule has 0 fully saturated rings. The lowest BCUT2D eigenvalue weighted by Gasteiger charge is -2.10. The number of benzene rings is 2. The number of rotatable bonds is 5. The summed E-state index contributed by atoms with van der Waals surface area (Å²) in [5, 5.41) is 0. The Hall–Kier alpha value is -2.49. The number of aromatic nitrogens is 2. The van der Waals surface area contributed by atoms with E-state index in [0.29, 0.717) is 13.2 Å². The molecule has 0 amide bonds. The van der Waals surface area contributed by atoms with Crippen LogP contribution in [0.5, 0.6) is 5.75 Å². The zero-order valence-electron chi connectivity index (χ0n) is 13.9. The quantitative estimate of drug-likeness (QED) is 0.677. The Morgan fingerprint density at radius 3 is 2.57 bits per heavy atom. The van der Waals surface area contributed by atoms with Gasteiger partial charge in [0.25, 0.3) is 0 Å². The third-order valence-electron chi connectivity index (χ3n) is 4.18. The van der Waals surface area contributed by atoms with E-state index < -0.39 is 0 Å². The molecule has 0 saturated heterocycles. The summed E-state index contributed by atoms with van der Waals surface area (Å²) < 4.78 is 9.39. The van der Waals surface area contributed by atoms with Crippen LogP contribution in [-0.4, -0.2) is 15.7 Å². The molecule has 23 heavy (non-hydrogen) atoms. The highest BCUT2D eigenvalue weighted by Gasteiger charge is 2.09. The molecule has 0 aliphatic rings. The van der Waals surface area contributed by atoms with Gasteiger partial charge in [0, 0.05) is 13.6 Å². The van der Waals surface area contributed by atoms with Crippen molar-refractivity contribution < 1.29 is 4.74 Å². The van der Waals surface area contributed by atoms with E-state index in [-0.39, 0.29) is 5.69 Å². The van der Waals surface area contributed by atoms with Crippen molar-refractivity contribution in [1.29, 1.82) is 0 Å². The number of para-hydroxylation sites is 2. The first-order valence-electron chi connectivity index (χ1n) is 7.92. The topological polar surface area (TPSA) is 36.2 Å². The SMILES string of the molecule is Cc1ccc(C)c(OCCCn2c(=O)n(C)c3ccccc32)c1. The zero-order chi connectivity index (χ0) is 16.4. The zero-order valence-corrected chi connectivity index (χ0v) is 13.9. The number of fused-ring (bicyclic) bond motifs is 1. The van der Waals surface area contributed by atoms with Crippen molar-refractivity contribution in [3.63, 3.8) is 0 Å². The molecule has 0 aliphatic heterocycles. The Kier molecular flexibility index (Phi) is 4.24. The molecule has 3 rings (SSSR count). The van der Waals surface area contributed by atoms with Crippen molar-refractivity contribution in [1.82, 2.24) is 9.13 Å². The maximum absolute atomic E-state index is 12.3. The van der Waals surface area contributed by atoms with Gasteiger partial charge in [0.05, 0.1) is 17.6 Å². The minimum atomic E-state index is 0.0259. The van der Waals surface area contributed by atoms with Crippen molar-refractivity contribution >= 4 is 11.0 Å². The van der Waals surface area contributed by atoms with Gasteiger partial charge in [-0.2, -0.15) is 0 Å². The molecule has 0 saturated carbocycles. The van der Waals surface area contributed by atoms with E-state index >= 15 is 0 Å². The summed E-state index contributed by atoms with van der Waals surface area (Å²) >= 11 is 0. The van der Waals surface area contributed by atoms with E-state index in [1.807, 2.05) is 42.8 Å². The first-order valence-corrected chi connectivity index (χ1v) is 7.92. The molecular weight excluding hydrogens is 288 g/mol. The fourth-order valence-electron chi connectivity index (χ4n) is 2.85. The molecule has 4 nitrogen and oxygen atoms in total. The van der Waals surface area contributed by atoms with Crippen molar-refractivity contribution in [2.45, 2.75) is 26.8 Å². The van der Waals surface area contributed by atoms with E-state index in [1.165, 1.54) is 5.56 Å². The summed E-state index contributed by atoms with van der Waals surface area (Å²) in [5.74, 6) is 0.926.